The number of nitrogens with zero attached hydrogens (tertiary/aromatic N) is 3. The quantitative estimate of drug-likeness (QED) is 0.00862. The van der Waals surface area contributed by atoms with Gasteiger partial charge in [0.15, 0.2) is 12.8 Å². The molecule has 0 spiro atoms. The zero-order valence-corrected chi connectivity index (χ0v) is 54.9. The number of hydrogen-bond donors (Lipinski definition) is 12. The summed E-state index contributed by atoms with van der Waals surface area (Å²) in [5, 5.41) is 70.4. The molecule has 31 heteroatoms. The number of phenolic OH excluding ortho intramolecular Hbond substituents is 1. The lowest BCUT2D eigenvalue weighted by Crippen LogP contribution is -2.59. The molecule has 0 saturated carbocycles. The van der Waals surface area contributed by atoms with Gasteiger partial charge in [-0.25, -0.2) is 15.2 Å². The van der Waals surface area contributed by atoms with Crippen molar-refractivity contribution in [1.82, 2.24) is 46.9 Å². The topological polar surface area (TPSA) is 411 Å². The highest BCUT2D eigenvalue weighted by Crippen LogP contribution is 2.32. The molecule has 0 aliphatic carbocycles. The Morgan fingerprint density at radius 3 is 2.18 bits per heavy atom. The fraction of sp³-hybridized carbons (Fsp3) is 0.678. The standard InChI is InChI=1S/C59H93N9O19S3/c1-9-13-50(77)86-33-68(58(83)51(35(5)10-2)64-56(82)43-14-11-12-22-67(43)8)44(34(3)4)28-47(87-37(7)71)57-63-42(32-88-57)55(81)62-40(27-38-15-18-41(72)19-16-38)26-36(6)54(80)65-66-59(84)85-23-25-90-89-24-21-49(76)61-39(30-69)17-20-48(75)60-29-45(73)52(78)53(79)46(74)31-70/h15-16,18-19,30,32,34-36,39-40,43-47,51-53,70,72-74,78-79H,9-14,17,20-29,31,33H2,1-8H3,(H,60,75)(H,61,76)(H,62,81)(H,64,82)(H,65,80)(H,66,84)/t35?,36-,39?,40+,43+,44+,45?,46?,47+,51-,52?,53?/m0/s1. The average molecular weight is 1330 g/mol. The molecule has 1 saturated heterocycles. The van der Waals surface area contributed by atoms with Crippen LogP contribution in [0.4, 0.5) is 4.79 Å². The molecule has 1 aromatic heterocycles. The minimum absolute atomic E-state index is 0.00374. The summed E-state index contributed by atoms with van der Waals surface area (Å²) in [4.78, 5) is 139. The highest BCUT2D eigenvalue weighted by molar-refractivity contribution is 8.76. The number of thiazole rings is 1. The number of carbonyl (C=O) groups is 10. The zero-order chi connectivity index (χ0) is 67.0. The molecule has 0 bridgehead atoms. The van der Waals surface area contributed by atoms with Crippen LogP contribution in [-0.2, 0) is 59.0 Å². The Morgan fingerprint density at radius 2 is 1.54 bits per heavy atom. The average Bonchev–Trinajstić information content (AvgIpc) is 1.38. The van der Waals surface area contributed by atoms with E-state index in [1.165, 1.54) is 50.9 Å². The highest BCUT2D eigenvalue weighted by Gasteiger charge is 2.40. The number of aliphatic hydroxyl groups is 5. The molecule has 0 radical (unpaired) electrons. The zero-order valence-electron chi connectivity index (χ0n) is 52.5. The molecule has 12 N–H and O–H groups in total. The minimum atomic E-state index is -1.87. The van der Waals surface area contributed by atoms with E-state index in [-0.39, 0.29) is 85.7 Å². The summed E-state index contributed by atoms with van der Waals surface area (Å²) in [7, 11) is 4.45. The molecular formula is C59H93N9O19S3. The van der Waals surface area contributed by atoms with E-state index < -0.39 is 134 Å². The largest absolute Gasteiger partial charge is 0.508 e. The molecule has 12 atom stereocenters. The van der Waals surface area contributed by atoms with Gasteiger partial charge in [0, 0.05) is 74.0 Å². The summed E-state index contributed by atoms with van der Waals surface area (Å²) in [6.07, 6.45) is -5.20. The number of likely N-dealkylation sites (N-methyl/N-ethyl adjacent to an activating group) is 1. The summed E-state index contributed by atoms with van der Waals surface area (Å²) < 4.78 is 16.7. The number of rotatable bonds is 40. The lowest BCUT2D eigenvalue weighted by molar-refractivity contribution is -0.160. The highest BCUT2D eigenvalue weighted by atomic mass is 33.1. The van der Waals surface area contributed by atoms with Crippen LogP contribution in [0, 0.1) is 17.8 Å². The number of likely N-dealkylation sites (tertiary alicyclic amines) is 1. The Hall–Kier alpha value is -6.19. The molecule has 6 unspecified atom stereocenters. The van der Waals surface area contributed by atoms with Crippen LogP contribution >= 0.6 is 32.9 Å². The van der Waals surface area contributed by atoms with E-state index in [0.717, 1.165) is 30.7 Å². The molecule has 1 fully saturated rings. The van der Waals surface area contributed by atoms with Crippen molar-refractivity contribution in [3.05, 3.63) is 45.9 Å². The second-order valence-corrected chi connectivity index (χ2v) is 26.1. The van der Waals surface area contributed by atoms with Crippen LogP contribution in [-0.4, -0.2) is 211 Å². The van der Waals surface area contributed by atoms with Crippen molar-refractivity contribution in [3.63, 3.8) is 0 Å². The minimum Gasteiger partial charge on any atom is -0.508 e. The van der Waals surface area contributed by atoms with Crippen LogP contribution in [0.25, 0.3) is 0 Å². The number of esters is 2. The summed E-state index contributed by atoms with van der Waals surface area (Å²) in [6.45, 7) is 11.0. The first-order valence-corrected chi connectivity index (χ1v) is 33.6. The van der Waals surface area contributed by atoms with Crippen LogP contribution in [0.5, 0.6) is 5.75 Å². The van der Waals surface area contributed by atoms with Gasteiger partial charge in [-0.15, -0.1) is 11.3 Å². The number of aliphatic hydroxyl groups excluding tert-OH is 5. The van der Waals surface area contributed by atoms with Crippen LogP contribution in [0.1, 0.15) is 146 Å². The lowest BCUT2D eigenvalue weighted by atomic mass is 9.92. The maximum atomic E-state index is 14.9. The number of carbonyl (C=O) groups excluding carboxylic acids is 10. The third-order valence-corrected chi connectivity index (χ3v) is 18.3. The smallest absolute Gasteiger partial charge is 0.426 e. The van der Waals surface area contributed by atoms with E-state index in [2.05, 4.69) is 37.1 Å². The number of aromatic nitrogens is 1. The van der Waals surface area contributed by atoms with E-state index in [1.807, 2.05) is 46.6 Å². The normalized spacial score (nSPS) is 17.0. The van der Waals surface area contributed by atoms with E-state index >= 15 is 0 Å². The van der Waals surface area contributed by atoms with Crippen molar-refractivity contribution < 1.29 is 92.8 Å². The Labute approximate surface area is 537 Å². The number of nitrogens with one attached hydrogen (secondary N) is 6. The number of piperidine rings is 1. The van der Waals surface area contributed by atoms with E-state index in [0.29, 0.717) is 42.6 Å². The van der Waals surface area contributed by atoms with Gasteiger partial charge < -0.3 is 75.8 Å². The lowest BCUT2D eigenvalue weighted by Gasteiger charge is -2.39. The summed E-state index contributed by atoms with van der Waals surface area (Å²) in [6, 6.07) is 2.38. The molecule has 90 heavy (non-hydrogen) atoms. The number of aromatic hydroxyl groups is 1. The Kier molecular flexibility index (Phi) is 35.8. The maximum Gasteiger partial charge on any atom is 0.426 e. The molecule has 28 nitrogen and oxygen atoms in total. The Morgan fingerprint density at radius 1 is 0.856 bits per heavy atom. The van der Waals surface area contributed by atoms with Crippen LogP contribution in [0.15, 0.2) is 29.6 Å². The van der Waals surface area contributed by atoms with Crippen molar-refractivity contribution in [2.75, 3.05) is 51.6 Å². The maximum absolute atomic E-state index is 14.9. The first kappa shape index (κ1) is 78.1. The molecule has 1 aromatic carbocycles. The van der Waals surface area contributed by atoms with E-state index in [9.17, 15) is 73.5 Å². The number of hydrogen-bond acceptors (Lipinski definition) is 24. The molecule has 1 aliphatic heterocycles. The predicted molar refractivity (Wildman–Crippen MR) is 335 cm³/mol. The molecule has 3 rings (SSSR count). The molecular weight excluding hydrogens is 1230 g/mol. The van der Waals surface area contributed by atoms with Gasteiger partial charge in [0.1, 0.15) is 53.7 Å². The van der Waals surface area contributed by atoms with Gasteiger partial charge in [-0.05, 0) is 81.6 Å². The monoisotopic (exact) mass is 1330 g/mol. The second-order valence-electron chi connectivity index (χ2n) is 22.6. The van der Waals surface area contributed by atoms with Gasteiger partial charge in [-0.1, -0.05) is 88.1 Å². The summed E-state index contributed by atoms with van der Waals surface area (Å²) in [5.41, 5.74) is 5.19. The van der Waals surface area contributed by atoms with Crippen molar-refractivity contribution in [2.45, 2.75) is 186 Å². The third kappa shape index (κ3) is 27.7. The van der Waals surface area contributed by atoms with Gasteiger partial charge in [0.2, 0.25) is 29.5 Å². The number of hydrazine groups is 1. The van der Waals surface area contributed by atoms with Crippen molar-refractivity contribution in [2.24, 2.45) is 17.8 Å². The predicted octanol–water partition coefficient (Wildman–Crippen LogP) is 1.92. The van der Waals surface area contributed by atoms with Crippen LogP contribution in [0.2, 0.25) is 0 Å². The number of benzene rings is 1. The number of aldehydes is 1. The third-order valence-electron chi connectivity index (χ3n) is 15.0. The van der Waals surface area contributed by atoms with Crippen LogP contribution in [0.3, 0.4) is 0 Å². The molecule has 506 valence electrons. The summed E-state index contributed by atoms with van der Waals surface area (Å²) in [5.74, 6) is -5.15. The second kappa shape index (κ2) is 41.3. The van der Waals surface area contributed by atoms with Crippen molar-refractivity contribution in [3.8, 4) is 5.75 Å². The molecule has 2 aromatic rings. The number of phenols is 1. The molecule has 1 aliphatic rings. The van der Waals surface area contributed by atoms with Crippen molar-refractivity contribution in [1.29, 1.82) is 0 Å². The fourth-order valence-electron chi connectivity index (χ4n) is 9.50. The SMILES string of the molecule is CCCC(=O)OCN(C(=O)[C@@H](NC(=O)[C@H]1CCCCN1C)C(C)CC)[C@H](C[C@@H](OC(C)=O)c1nc(C(=O)N[C@@H](Cc2ccc(O)cc2)C[C@H](C)C(=O)NNC(=O)OCCSSCCC(=O)NC(C=O)CCC(=O)NCC(O)C(O)C(O)C(O)CO)cs1)C(C)C. The fourth-order valence-corrected chi connectivity index (χ4v) is 12.2. The van der Waals surface area contributed by atoms with E-state index in [1.54, 1.807) is 19.1 Å². The van der Waals surface area contributed by atoms with Crippen LogP contribution < -0.4 is 32.1 Å². The van der Waals surface area contributed by atoms with Crippen molar-refractivity contribution >= 4 is 92.7 Å². The van der Waals surface area contributed by atoms with Gasteiger partial charge in [-0.2, -0.15) is 0 Å². The molecule has 7 amide bonds. The van der Waals surface area contributed by atoms with Gasteiger partial charge in [-0.3, -0.25) is 48.7 Å². The number of ether oxygens (including phenoxy) is 3. The Balaban J connectivity index is 1.61. The Bertz CT molecular complexity index is 2610. The van der Waals surface area contributed by atoms with Gasteiger partial charge in [0.05, 0.1) is 24.8 Å². The number of amides is 7. The van der Waals surface area contributed by atoms with Gasteiger partial charge >= 0.3 is 18.0 Å². The van der Waals surface area contributed by atoms with Gasteiger partial charge in [0.25, 0.3) is 5.91 Å². The van der Waals surface area contributed by atoms with E-state index in [4.69, 9.17) is 19.3 Å². The first-order valence-electron chi connectivity index (χ1n) is 30.2. The summed E-state index contributed by atoms with van der Waals surface area (Å²) >= 11 is 1.04. The molecule has 2 heterocycles. The first-order chi connectivity index (χ1) is 42.7.